The number of rotatable bonds is 2. The molecule has 1 atom stereocenters. The Morgan fingerprint density at radius 1 is 1.91 bits per heavy atom. The van der Waals surface area contributed by atoms with Crippen LogP contribution in [-0.2, 0) is 14.3 Å². The van der Waals surface area contributed by atoms with Crippen LogP contribution in [0.5, 0.6) is 0 Å². The fourth-order valence-electron chi connectivity index (χ4n) is 0.913. The summed E-state index contributed by atoms with van der Waals surface area (Å²) in [7, 11) is 1.56. The van der Waals surface area contributed by atoms with Crippen molar-refractivity contribution >= 4 is 5.91 Å². The maximum atomic E-state index is 10.6. The Morgan fingerprint density at radius 2 is 2.64 bits per heavy atom. The third-order valence-corrected chi connectivity index (χ3v) is 1.59. The molecule has 1 aliphatic rings. The first kappa shape index (κ1) is 8.07. The van der Waals surface area contributed by atoms with E-state index in [4.69, 9.17) is 15.2 Å². The van der Waals surface area contributed by atoms with Gasteiger partial charge in [-0.2, -0.15) is 0 Å². The normalized spacial score (nSPS) is 23.7. The first-order chi connectivity index (χ1) is 5.24. The zero-order chi connectivity index (χ0) is 8.27. The van der Waals surface area contributed by atoms with E-state index in [0.717, 1.165) is 0 Å². The summed E-state index contributed by atoms with van der Waals surface area (Å²) in [6.45, 7) is 0. The molecule has 0 bridgehead atoms. The van der Waals surface area contributed by atoms with Crippen molar-refractivity contribution in [2.24, 2.45) is 5.73 Å². The van der Waals surface area contributed by atoms with E-state index in [2.05, 4.69) is 0 Å². The molecule has 1 rings (SSSR count). The number of primary amides is 1. The lowest BCUT2D eigenvalue weighted by molar-refractivity contribution is -0.118. The third-order valence-electron chi connectivity index (χ3n) is 1.59. The molecule has 0 fully saturated rings. The predicted molar refractivity (Wildman–Crippen MR) is 38.4 cm³/mol. The number of amides is 1. The van der Waals surface area contributed by atoms with Gasteiger partial charge in [0.2, 0.25) is 5.91 Å². The van der Waals surface area contributed by atoms with Gasteiger partial charge in [0.25, 0.3) is 0 Å². The van der Waals surface area contributed by atoms with Gasteiger partial charge in [0.1, 0.15) is 0 Å². The number of hydrogen-bond donors (Lipinski definition) is 1. The topological polar surface area (TPSA) is 61.5 Å². The second kappa shape index (κ2) is 3.39. The maximum Gasteiger partial charge on any atom is 0.247 e. The average Bonchev–Trinajstić information content (AvgIpc) is 2.05. The quantitative estimate of drug-likeness (QED) is 0.620. The second-order valence-electron chi connectivity index (χ2n) is 2.35. The fraction of sp³-hybridized carbons (Fsp3) is 0.571. The van der Waals surface area contributed by atoms with Crippen LogP contribution in [0.15, 0.2) is 11.8 Å². The molecule has 0 unspecified atom stereocenters. The summed E-state index contributed by atoms with van der Waals surface area (Å²) in [5.74, 6) is -0.417. The molecule has 2 N–H and O–H groups in total. The lowest BCUT2D eigenvalue weighted by Crippen LogP contribution is -2.22. The highest BCUT2D eigenvalue weighted by Gasteiger charge is 2.16. The van der Waals surface area contributed by atoms with Crippen molar-refractivity contribution in [3.8, 4) is 0 Å². The maximum absolute atomic E-state index is 10.6. The largest absolute Gasteiger partial charge is 0.472 e. The van der Waals surface area contributed by atoms with E-state index >= 15 is 0 Å². The van der Waals surface area contributed by atoms with Crippen LogP contribution in [0.25, 0.3) is 0 Å². The summed E-state index contributed by atoms with van der Waals surface area (Å²) < 4.78 is 9.92. The van der Waals surface area contributed by atoms with Crippen molar-refractivity contribution in [2.45, 2.75) is 19.1 Å². The fourth-order valence-corrected chi connectivity index (χ4v) is 0.913. The van der Waals surface area contributed by atoms with E-state index in [1.54, 1.807) is 7.11 Å². The minimum atomic E-state index is -0.417. The van der Waals surface area contributed by atoms with Gasteiger partial charge in [-0.15, -0.1) is 0 Å². The standard InChI is InChI=1S/C7H11NO3/c1-10-6-3-2-5(4-11-6)7(8)9/h4,6H,2-3H2,1H3,(H2,8,9)/t6-/m1/s1. The summed E-state index contributed by atoms with van der Waals surface area (Å²) >= 11 is 0. The van der Waals surface area contributed by atoms with Crippen LogP contribution in [0.4, 0.5) is 0 Å². The Kier molecular flexibility index (Phi) is 2.48. The average molecular weight is 157 g/mol. The zero-order valence-corrected chi connectivity index (χ0v) is 6.37. The van der Waals surface area contributed by atoms with Crippen LogP contribution in [0, 0.1) is 0 Å². The van der Waals surface area contributed by atoms with Crippen molar-refractivity contribution < 1.29 is 14.3 Å². The van der Waals surface area contributed by atoms with Crippen LogP contribution in [0.3, 0.4) is 0 Å². The van der Waals surface area contributed by atoms with Crippen LogP contribution in [-0.4, -0.2) is 19.3 Å². The van der Waals surface area contributed by atoms with Gasteiger partial charge < -0.3 is 15.2 Å². The molecule has 0 aromatic heterocycles. The van der Waals surface area contributed by atoms with E-state index in [9.17, 15) is 4.79 Å². The highest BCUT2D eigenvalue weighted by atomic mass is 16.7. The number of carbonyl (C=O) groups excluding carboxylic acids is 1. The predicted octanol–water partition coefficient (Wildman–Crippen LogP) is 0.138. The zero-order valence-electron chi connectivity index (χ0n) is 6.37. The molecule has 0 spiro atoms. The van der Waals surface area contributed by atoms with Gasteiger partial charge in [0.05, 0.1) is 11.8 Å². The summed E-state index contributed by atoms with van der Waals surface area (Å²) in [5, 5.41) is 0. The minimum Gasteiger partial charge on any atom is -0.472 e. The number of methoxy groups -OCH3 is 1. The van der Waals surface area contributed by atoms with E-state index in [0.29, 0.717) is 18.4 Å². The monoisotopic (exact) mass is 157 g/mol. The van der Waals surface area contributed by atoms with Crippen molar-refractivity contribution in [1.82, 2.24) is 0 Å². The van der Waals surface area contributed by atoms with Gasteiger partial charge >= 0.3 is 0 Å². The Labute approximate surface area is 65.0 Å². The van der Waals surface area contributed by atoms with Crippen molar-refractivity contribution in [2.75, 3.05) is 7.11 Å². The Hall–Kier alpha value is -1.03. The van der Waals surface area contributed by atoms with Gasteiger partial charge in [0, 0.05) is 13.5 Å². The van der Waals surface area contributed by atoms with Gasteiger partial charge in [0.15, 0.2) is 6.29 Å². The molecule has 0 saturated heterocycles. The molecule has 4 nitrogen and oxygen atoms in total. The summed E-state index contributed by atoms with van der Waals surface area (Å²) in [5.41, 5.74) is 5.55. The SMILES string of the molecule is CO[C@H]1CCC(C(N)=O)=CO1. The van der Waals surface area contributed by atoms with Crippen LogP contribution in [0.1, 0.15) is 12.8 Å². The first-order valence-electron chi connectivity index (χ1n) is 3.41. The molecule has 4 heteroatoms. The molecular formula is C7H11NO3. The van der Waals surface area contributed by atoms with E-state index in [-0.39, 0.29) is 6.29 Å². The highest BCUT2D eigenvalue weighted by Crippen LogP contribution is 2.16. The summed E-state index contributed by atoms with van der Waals surface area (Å²) in [6, 6.07) is 0. The van der Waals surface area contributed by atoms with E-state index < -0.39 is 5.91 Å². The third kappa shape index (κ3) is 1.94. The molecule has 1 heterocycles. The van der Waals surface area contributed by atoms with E-state index in [1.165, 1.54) is 6.26 Å². The number of carbonyl (C=O) groups is 1. The molecule has 0 aliphatic carbocycles. The molecule has 1 amide bonds. The number of ether oxygens (including phenoxy) is 2. The molecule has 1 aliphatic heterocycles. The van der Waals surface area contributed by atoms with Crippen molar-refractivity contribution in [3.63, 3.8) is 0 Å². The van der Waals surface area contributed by atoms with Crippen LogP contribution in [0.2, 0.25) is 0 Å². The Morgan fingerprint density at radius 3 is 3.00 bits per heavy atom. The van der Waals surface area contributed by atoms with Gasteiger partial charge in [-0.25, -0.2) is 0 Å². The lowest BCUT2D eigenvalue weighted by Gasteiger charge is -2.19. The molecule has 0 radical (unpaired) electrons. The number of hydrogen-bond acceptors (Lipinski definition) is 3. The van der Waals surface area contributed by atoms with Gasteiger partial charge in [-0.05, 0) is 6.42 Å². The summed E-state index contributed by atoms with van der Waals surface area (Å²) in [4.78, 5) is 10.6. The number of nitrogens with two attached hydrogens (primary N) is 1. The van der Waals surface area contributed by atoms with E-state index in [1.807, 2.05) is 0 Å². The highest BCUT2D eigenvalue weighted by molar-refractivity contribution is 5.91. The smallest absolute Gasteiger partial charge is 0.247 e. The van der Waals surface area contributed by atoms with Crippen LogP contribution < -0.4 is 5.73 Å². The molecule has 62 valence electrons. The van der Waals surface area contributed by atoms with Crippen LogP contribution >= 0.6 is 0 Å². The molecular weight excluding hydrogens is 146 g/mol. The lowest BCUT2D eigenvalue weighted by atomic mass is 10.1. The molecule has 11 heavy (non-hydrogen) atoms. The second-order valence-corrected chi connectivity index (χ2v) is 2.35. The Bertz CT molecular complexity index is 188. The van der Waals surface area contributed by atoms with Crippen molar-refractivity contribution in [1.29, 1.82) is 0 Å². The Balaban J connectivity index is 2.50. The van der Waals surface area contributed by atoms with Gasteiger partial charge in [-0.1, -0.05) is 0 Å². The van der Waals surface area contributed by atoms with Gasteiger partial charge in [-0.3, -0.25) is 4.79 Å². The minimum absolute atomic E-state index is 0.224. The first-order valence-corrected chi connectivity index (χ1v) is 3.41. The molecule has 0 aromatic carbocycles. The molecule has 0 aromatic rings. The molecule has 0 saturated carbocycles. The van der Waals surface area contributed by atoms with Crippen molar-refractivity contribution in [3.05, 3.63) is 11.8 Å². The summed E-state index contributed by atoms with van der Waals surface area (Å²) in [6.07, 6.45) is 2.47.